The number of rotatable bonds is 9. The minimum atomic E-state index is -1.51. The summed E-state index contributed by atoms with van der Waals surface area (Å²) in [5.41, 5.74) is 1.58. The maximum Gasteiger partial charge on any atom is 0.264 e. The van der Waals surface area contributed by atoms with Crippen molar-refractivity contribution in [2.75, 3.05) is 6.61 Å². The van der Waals surface area contributed by atoms with Crippen molar-refractivity contribution in [2.45, 2.75) is 53.6 Å². The topological polar surface area (TPSA) is 69.9 Å². The highest BCUT2D eigenvalue weighted by atomic mass is 127. The number of nitrogens with zero attached hydrogens (tertiary/aromatic N) is 1. The summed E-state index contributed by atoms with van der Waals surface area (Å²) >= 11 is 3.87. The fraction of sp³-hybridized carbons (Fsp3) is 0.237. The molecule has 0 bridgehead atoms. The summed E-state index contributed by atoms with van der Waals surface area (Å²) in [6.07, 6.45) is -2.03. The molecule has 5 aromatic rings. The summed E-state index contributed by atoms with van der Waals surface area (Å²) in [4.78, 5) is 1.05. The molecule has 0 saturated carbocycles. The van der Waals surface area contributed by atoms with E-state index in [1.807, 2.05) is 97.1 Å². The Kier molecular flexibility index (Phi) is 9.58. The molecular weight excluding hydrogens is 709 g/mol. The molecule has 6 nitrogen and oxygen atoms in total. The van der Waals surface area contributed by atoms with Crippen LogP contribution in [0.25, 0.3) is 10.8 Å². The molecule has 1 unspecified atom stereocenters. The Labute approximate surface area is 286 Å². The Bertz CT molecular complexity index is 1820. The lowest BCUT2D eigenvalue weighted by Crippen LogP contribution is -2.66. The maximum absolute atomic E-state index is 10.5. The van der Waals surface area contributed by atoms with Crippen molar-refractivity contribution in [3.05, 3.63) is 142 Å². The van der Waals surface area contributed by atoms with Crippen molar-refractivity contribution in [2.24, 2.45) is 0 Å². The van der Waals surface area contributed by atoms with Gasteiger partial charge in [-0.15, -0.1) is 0 Å². The SMILES string of the molecule is N#CC1(Cc2ccccc2I)OC[C@H]2O[C@H](Sc3ccccc3)[C@@H](OCc3ccccc3)[C@@H](Oc3ccc4ccccc4c3)[C@@H]2O1. The third kappa shape index (κ3) is 6.95. The van der Waals surface area contributed by atoms with E-state index in [4.69, 9.17) is 23.7 Å². The molecule has 0 amide bonds. The quantitative estimate of drug-likeness (QED) is 0.141. The van der Waals surface area contributed by atoms with Crippen LogP contribution >= 0.6 is 34.4 Å². The fourth-order valence-electron chi connectivity index (χ4n) is 5.91. The van der Waals surface area contributed by atoms with Crippen LogP contribution in [-0.2, 0) is 32.0 Å². The number of thioether (sulfide) groups is 1. The van der Waals surface area contributed by atoms with E-state index in [1.165, 1.54) is 0 Å². The number of hydrogen-bond acceptors (Lipinski definition) is 7. The number of fused-ring (bicyclic) bond motifs is 2. The van der Waals surface area contributed by atoms with Gasteiger partial charge in [0.15, 0.2) is 6.10 Å². The molecule has 0 spiro atoms. The molecule has 232 valence electrons. The van der Waals surface area contributed by atoms with Gasteiger partial charge < -0.3 is 23.7 Å². The van der Waals surface area contributed by atoms with E-state index in [1.54, 1.807) is 11.8 Å². The first-order chi connectivity index (χ1) is 22.6. The molecule has 6 atom stereocenters. The van der Waals surface area contributed by atoms with Gasteiger partial charge in [0.1, 0.15) is 35.6 Å². The van der Waals surface area contributed by atoms with Gasteiger partial charge in [0.05, 0.1) is 13.2 Å². The van der Waals surface area contributed by atoms with E-state index in [-0.39, 0.29) is 13.0 Å². The number of halogens is 1. The van der Waals surface area contributed by atoms with E-state index in [0.717, 1.165) is 30.4 Å². The van der Waals surface area contributed by atoms with Gasteiger partial charge in [-0.05, 0) is 74.8 Å². The number of nitriles is 1. The molecule has 2 fully saturated rings. The third-order valence-corrected chi connectivity index (χ3v) is 10.4. The van der Waals surface area contributed by atoms with Crippen molar-refractivity contribution < 1.29 is 23.7 Å². The van der Waals surface area contributed by atoms with Gasteiger partial charge in [-0.1, -0.05) is 109 Å². The summed E-state index contributed by atoms with van der Waals surface area (Å²) in [7, 11) is 0. The smallest absolute Gasteiger partial charge is 0.264 e. The van der Waals surface area contributed by atoms with Crippen molar-refractivity contribution in [1.29, 1.82) is 5.26 Å². The maximum atomic E-state index is 10.5. The molecule has 7 rings (SSSR count). The Morgan fingerprint density at radius 3 is 2.33 bits per heavy atom. The van der Waals surface area contributed by atoms with Crippen LogP contribution in [0.1, 0.15) is 11.1 Å². The minimum absolute atomic E-state index is 0.177. The Morgan fingerprint density at radius 1 is 0.826 bits per heavy atom. The van der Waals surface area contributed by atoms with E-state index in [2.05, 4.69) is 59.0 Å². The van der Waals surface area contributed by atoms with Gasteiger partial charge in [-0.2, -0.15) is 5.26 Å². The van der Waals surface area contributed by atoms with E-state index in [0.29, 0.717) is 12.4 Å². The minimum Gasteiger partial charge on any atom is -0.485 e. The third-order valence-electron chi connectivity index (χ3n) is 8.22. The summed E-state index contributed by atoms with van der Waals surface area (Å²) in [6.45, 7) is 0.536. The molecule has 0 N–H and O–H groups in total. The zero-order valence-corrected chi connectivity index (χ0v) is 27.9. The van der Waals surface area contributed by atoms with Crippen LogP contribution in [0.5, 0.6) is 5.75 Å². The largest absolute Gasteiger partial charge is 0.485 e. The molecule has 2 saturated heterocycles. The molecule has 2 aliphatic heterocycles. The average molecular weight is 742 g/mol. The van der Waals surface area contributed by atoms with Gasteiger partial charge in [0.2, 0.25) is 0 Å². The predicted octanol–water partition coefficient (Wildman–Crippen LogP) is 8.17. The lowest BCUT2D eigenvalue weighted by molar-refractivity contribution is -0.342. The first kappa shape index (κ1) is 31.2. The average Bonchev–Trinajstić information content (AvgIpc) is 3.10. The van der Waals surface area contributed by atoms with Crippen molar-refractivity contribution in [3.63, 3.8) is 0 Å². The van der Waals surface area contributed by atoms with Gasteiger partial charge in [0, 0.05) is 14.9 Å². The van der Waals surface area contributed by atoms with Crippen LogP contribution in [0.3, 0.4) is 0 Å². The van der Waals surface area contributed by atoms with Crippen LogP contribution < -0.4 is 4.74 Å². The molecule has 2 heterocycles. The summed E-state index contributed by atoms with van der Waals surface area (Å²) in [5, 5.41) is 12.7. The molecule has 8 heteroatoms. The Balaban J connectivity index is 1.26. The van der Waals surface area contributed by atoms with Gasteiger partial charge in [-0.3, -0.25) is 0 Å². The molecule has 5 aromatic carbocycles. The number of benzene rings is 5. The second kappa shape index (κ2) is 14.1. The Hall–Kier alpha value is -3.43. The van der Waals surface area contributed by atoms with Gasteiger partial charge >= 0.3 is 0 Å². The normalized spacial score (nSPS) is 25.8. The molecule has 0 radical (unpaired) electrons. The first-order valence-electron chi connectivity index (χ1n) is 15.2. The highest BCUT2D eigenvalue weighted by Crippen LogP contribution is 2.42. The van der Waals surface area contributed by atoms with Crippen LogP contribution in [-0.4, -0.2) is 42.2 Å². The number of ether oxygens (including phenoxy) is 5. The molecule has 0 aromatic heterocycles. The van der Waals surface area contributed by atoms with Gasteiger partial charge in [0.25, 0.3) is 5.79 Å². The van der Waals surface area contributed by atoms with Crippen LogP contribution in [0.2, 0.25) is 0 Å². The lowest BCUT2D eigenvalue weighted by atomic mass is 9.96. The zero-order chi connectivity index (χ0) is 31.3. The van der Waals surface area contributed by atoms with E-state index < -0.39 is 35.6 Å². The molecular formula is C38H32INO5S. The second-order valence-corrected chi connectivity index (χ2v) is 13.7. The zero-order valence-electron chi connectivity index (χ0n) is 24.9. The summed E-state index contributed by atoms with van der Waals surface area (Å²) in [6, 6.07) is 44.8. The highest BCUT2D eigenvalue weighted by molar-refractivity contribution is 14.1. The predicted molar refractivity (Wildman–Crippen MR) is 186 cm³/mol. The number of hydrogen-bond donors (Lipinski definition) is 0. The second-order valence-electron chi connectivity index (χ2n) is 11.4. The summed E-state index contributed by atoms with van der Waals surface area (Å²) in [5.74, 6) is -0.823. The highest BCUT2D eigenvalue weighted by Gasteiger charge is 2.56. The van der Waals surface area contributed by atoms with Crippen LogP contribution in [0.15, 0.2) is 132 Å². The lowest BCUT2D eigenvalue weighted by Gasteiger charge is -2.50. The van der Waals surface area contributed by atoms with Crippen molar-refractivity contribution in [3.8, 4) is 11.8 Å². The van der Waals surface area contributed by atoms with Crippen LogP contribution in [0.4, 0.5) is 0 Å². The van der Waals surface area contributed by atoms with Crippen LogP contribution in [0, 0.1) is 14.9 Å². The Morgan fingerprint density at radius 2 is 1.54 bits per heavy atom. The monoisotopic (exact) mass is 741 g/mol. The van der Waals surface area contributed by atoms with Gasteiger partial charge in [-0.25, -0.2) is 0 Å². The molecule has 46 heavy (non-hydrogen) atoms. The summed E-state index contributed by atoms with van der Waals surface area (Å²) < 4.78 is 34.4. The van der Waals surface area contributed by atoms with Crippen molar-refractivity contribution in [1.82, 2.24) is 0 Å². The first-order valence-corrected chi connectivity index (χ1v) is 17.2. The fourth-order valence-corrected chi connectivity index (χ4v) is 7.64. The van der Waals surface area contributed by atoms with E-state index >= 15 is 0 Å². The standard InChI is InChI=1S/C38H32INO5S/c39-32-18-10-9-15-29(32)22-38(25-40)42-24-33-34(45-38)35(43-30-20-19-27-13-7-8-14-28(27)21-30)36(41-23-26-11-3-1-4-12-26)37(44-33)46-31-16-5-2-6-17-31/h1-21,33-37H,22-24H2/t33-,34-,35+,36+,37-,38?/m1/s1. The molecule has 0 aliphatic carbocycles. The van der Waals surface area contributed by atoms with Crippen molar-refractivity contribution >= 4 is 45.1 Å². The van der Waals surface area contributed by atoms with E-state index in [9.17, 15) is 5.26 Å². The molecule has 2 aliphatic rings.